The van der Waals surface area contributed by atoms with Gasteiger partial charge in [-0.25, -0.2) is 13.0 Å². The van der Waals surface area contributed by atoms with Gasteiger partial charge in [-0.1, -0.05) is 13.3 Å². The molecule has 0 atom stereocenters. The van der Waals surface area contributed by atoms with Gasteiger partial charge in [-0.3, -0.25) is 0 Å². The fourth-order valence-electron chi connectivity index (χ4n) is 1.17. The standard InChI is InChI=1S/C9H15F3N3.CHF3O3S/c1-2-3-5-15-8-14(7-13-15)6-4-9(10,11)12;2-1(3,4)8(5,6)7/h7-8H,2-6H2,1H3;(H,5,6,7)/q+1;/p-1. The molecule has 0 aliphatic rings. The average molecular weight is 371 g/mol. The van der Waals surface area contributed by atoms with Gasteiger partial charge in [-0.2, -0.15) is 26.3 Å². The van der Waals surface area contributed by atoms with Crippen LogP contribution in [0.2, 0.25) is 0 Å². The molecule has 0 saturated heterocycles. The van der Waals surface area contributed by atoms with E-state index in [4.69, 9.17) is 13.0 Å². The fourth-order valence-corrected chi connectivity index (χ4v) is 1.17. The molecule has 13 heteroatoms. The summed E-state index contributed by atoms with van der Waals surface area (Å²) in [6.45, 7) is 2.76. The van der Waals surface area contributed by atoms with E-state index in [0.29, 0.717) is 0 Å². The molecule has 1 aromatic heterocycles. The van der Waals surface area contributed by atoms with Crippen molar-refractivity contribution in [1.29, 1.82) is 0 Å². The molecule has 1 rings (SSSR count). The van der Waals surface area contributed by atoms with Crippen LogP contribution in [0.1, 0.15) is 26.2 Å². The number of hydrogen-bond donors (Lipinski definition) is 0. The summed E-state index contributed by atoms with van der Waals surface area (Å²) in [5, 5.41) is 3.97. The molecule has 0 unspecified atom stereocenters. The number of rotatable bonds is 5. The normalized spacial score (nSPS) is 12.7. The maximum atomic E-state index is 11.9. The monoisotopic (exact) mass is 371 g/mol. The summed E-state index contributed by atoms with van der Waals surface area (Å²) in [5.41, 5.74) is -5.65. The molecule has 1 aromatic rings. The Labute approximate surface area is 128 Å². The van der Waals surface area contributed by atoms with E-state index in [-0.39, 0.29) is 6.54 Å². The zero-order chi connectivity index (χ0) is 18.3. The van der Waals surface area contributed by atoms with E-state index in [1.54, 1.807) is 11.0 Å². The lowest BCUT2D eigenvalue weighted by Crippen LogP contribution is -2.33. The summed E-state index contributed by atoms with van der Waals surface area (Å²) in [7, 11) is -6.09. The smallest absolute Gasteiger partial charge is 0.485 e. The molecule has 0 fully saturated rings. The number of aryl methyl sites for hydroxylation is 2. The summed E-state index contributed by atoms with van der Waals surface area (Å²) in [5.74, 6) is 0. The van der Waals surface area contributed by atoms with Crippen LogP contribution < -0.4 is 4.57 Å². The third-order valence-electron chi connectivity index (χ3n) is 2.31. The first-order valence-electron chi connectivity index (χ1n) is 6.26. The minimum absolute atomic E-state index is 0.0599. The van der Waals surface area contributed by atoms with Gasteiger partial charge >= 0.3 is 11.7 Å². The topological polar surface area (TPSA) is 78.9 Å². The summed E-state index contributed by atoms with van der Waals surface area (Å²) in [6, 6.07) is 0. The summed E-state index contributed by atoms with van der Waals surface area (Å²) in [6.07, 6.45) is 0.168. The molecule has 0 spiro atoms. The van der Waals surface area contributed by atoms with E-state index < -0.39 is 28.2 Å². The molecule has 23 heavy (non-hydrogen) atoms. The van der Waals surface area contributed by atoms with Gasteiger partial charge in [0.2, 0.25) is 6.33 Å². The van der Waals surface area contributed by atoms with Gasteiger partial charge in [0.15, 0.2) is 10.1 Å². The molecular weight excluding hydrogens is 356 g/mol. The van der Waals surface area contributed by atoms with Crippen LogP contribution in [0.15, 0.2) is 12.7 Å². The maximum absolute atomic E-state index is 11.9. The molecule has 6 nitrogen and oxygen atoms in total. The summed E-state index contributed by atoms with van der Waals surface area (Å²) < 4.78 is 97.8. The molecule has 1 heterocycles. The predicted octanol–water partition coefficient (Wildman–Crippen LogP) is 1.97. The van der Waals surface area contributed by atoms with E-state index in [0.717, 1.165) is 19.4 Å². The molecule has 0 radical (unpaired) electrons. The largest absolute Gasteiger partial charge is 0.741 e. The molecule has 0 aromatic carbocycles. The van der Waals surface area contributed by atoms with Gasteiger partial charge < -0.3 is 4.55 Å². The minimum atomic E-state index is -6.09. The van der Waals surface area contributed by atoms with Crippen LogP contribution in [0.25, 0.3) is 0 Å². The second kappa shape index (κ2) is 8.47. The number of unbranched alkanes of at least 4 members (excludes halogenated alkanes) is 1. The van der Waals surface area contributed by atoms with Crippen molar-refractivity contribution in [3.8, 4) is 0 Å². The van der Waals surface area contributed by atoms with Gasteiger partial charge in [0.05, 0.1) is 13.0 Å². The molecule has 0 N–H and O–H groups in total. The number of aromatic nitrogens is 3. The zero-order valence-electron chi connectivity index (χ0n) is 11.9. The third kappa shape index (κ3) is 10.1. The van der Waals surface area contributed by atoms with E-state index in [1.807, 2.05) is 0 Å². The Balaban J connectivity index is 0.000000515. The Kier molecular flexibility index (Phi) is 7.97. The number of halogens is 6. The van der Waals surface area contributed by atoms with Crippen LogP contribution in [0, 0.1) is 0 Å². The molecule has 0 bridgehead atoms. The van der Waals surface area contributed by atoms with Gasteiger partial charge in [-0.15, -0.1) is 4.68 Å². The Morgan fingerprint density at radius 3 is 2.13 bits per heavy atom. The quantitative estimate of drug-likeness (QED) is 0.343. The lowest BCUT2D eigenvalue weighted by atomic mass is 10.3. The Bertz CT molecular complexity index is 567. The van der Waals surface area contributed by atoms with Crippen LogP contribution in [-0.4, -0.2) is 34.4 Å². The Hall–Kier alpha value is -1.37. The second-order valence-corrected chi connectivity index (χ2v) is 5.74. The van der Waals surface area contributed by atoms with Crippen molar-refractivity contribution in [3.63, 3.8) is 0 Å². The van der Waals surface area contributed by atoms with E-state index >= 15 is 0 Å². The lowest BCUT2D eigenvalue weighted by Gasteiger charge is -2.08. The molecular formula is C10H15F6N3O3S. The summed E-state index contributed by atoms with van der Waals surface area (Å²) in [4.78, 5) is 0. The summed E-state index contributed by atoms with van der Waals surface area (Å²) >= 11 is 0. The molecule has 136 valence electrons. The number of hydrogen-bond acceptors (Lipinski definition) is 4. The van der Waals surface area contributed by atoms with Gasteiger partial charge in [0.1, 0.15) is 6.54 Å². The highest BCUT2D eigenvalue weighted by atomic mass is 32.2. The Morgan fingerprint density at radius 2 is 1.74 bits per heavy atom. The molecule has 0 aliphatic carbocycles. The average Bonchev–Trinajstić information content (AvgIpc) is 2.79. The first kappa shape index (κ1) is 21.6. The zero-order valence-corrected chi connectivity index (χ0v) is 12.7. The van der Waals surface area contributed by atoms with Crippen molar-refractivity contribution in [2.24, 2.45) is 0 Å². The molecule has 0 saturated carbocycles. The highest BCUT2D eigenvalue weighted by Crippen LogP contribution is 2.20. The van der Waals surface area contributed by atoms with Crippen molar-refractivity contribution in [2.75, 3.05) is 0 Å². The van der Waals surface area contributed by atoms with Crippen molar-refractivity contribution in [2.45, 2.75) is 51.0 Å². The van der Waals surface area contributed by atoms with Gasteiger partial charge in [0, 0.05) is 5.10 Å². The van der Waals surface area contributed by atoms with Crippen LogP contribution in [-0.2, 0) is 23.2 Å². The van der Waals surface area contributed by atoms with E-state index in [9.17, 15) is 26.3 Å². The SMILES string of the molecule is CCCCn1c[n+](CCC(F)(F)F)cn1.O=S(=O)([O-])C(F)(F)F. The second-order valence-electron chi connectivity index (χ2n) is 4.37. The van der Waals surface area contributed by atoms with Gasteiger partial charge in [0.25, 0.3) is 6.33 Å². The maximum Gasteiger partial charge on any atom is 0.485 e. The Morgan fingerprint density at radius 1 is 1.22 bits per heavy atom. The minimum Gasteiger partial charge on any atom is -0.741 e. The first-order chi connectivity index (χ1) is 10.3. The van der Waals surface area contributed by atoms with Crippen molar-refractivity contribution in [1.82, 2.24) is 9.78 Å². The van der Waals surface area contributed by atoms with Crippen LogP contribution >= 0.6 is 0 Å². The lowest BCUT2D eigenvalue weighted by molar-refractivity contribution is -0.701. The van der Waals surface area contributed by atoms with Crippen molar-refractivity contribution >= 4 is 10.1 Å². The van der Waals surface area contributed by atoms with E-state index in [2.05, 4.69) is 12.0 Å². The molecule has 0 amide bonds. The highest BCUT2D eigenvalue weighted by Gasteiger charge is 2.36. The van der Waals surface area contributed by atoms with E-state index in [1.165, 1.54) is 10.9 Å². The molecule has 0 aliphatic heterocycles. The first-order valence-corrected chi connectivity index (χ1v) is 7.67. The van der Waals surface area contributed by atoms with Crippen molar-refractivity contribution < 1.29 is 43.9 Å². The highest BCUT2D eigenvalue weighted by molar-refractivity contribution is 7.86. The number of nitrogens with zero attached hydrogens (tertiary/aromatic N) is 3. The van der Waals surface area contributed by atoms with Crippen LogP contribution in [0.4, 0.5) is 26.3 Å². The van der Waals surface area contributed by atoms with Crippen LogP contribution in [0.5, 0.6) is 0 Å². The van der Waals surface area contributed by atoms with Crippen molar-refractivity contribution in [3.05, 3.63) is 12.7 Å². The number of alkyl halides is 6. The van der Waals surface area contributed by atoms with Gasteiger partial charge in [-0.05, 0) is 6.42 Å². The fraction of sp³-hybridized carbons (Fsp3) is 0.800. The predicted molar refractivity (Wildman–Crippen MR) is 63.8 cm³/mol. The van der Waals surface area contributed by atoms with Crippen LogP contribution in [0.3, 0.4) is 0 Å². The third-order valence-corrected chi connectivity index (χ3v) is 2.87.